The van der Waals surface area contributed by atoms with Crippen LogP contribution in [0.4, 0.5) is 0 Å². The van der Waals surface area contributed by atoms with E-state index in [9.17, 15) is 13.5 Å². The lowest BCUT2D eigenvalue weighted by atomic mass is 10.1. The molecule has 7 heteroatoms. The average molecular weight is 301 g/mol. The van der Waals surface area contributed by atoms with Crippen LogP contribution in [0.3, 0.4) is 0 Å². The Morgan fingerprint density at radius 1 is 1.35 bits per heavy atom. The maximum atomic E-state index is 11.3. The maximum absolute atomic E-state index is 11.3. The van der Waals surface area contributed by atoms with Crippen LogP contribution in [-0.2, 0) is 9.84 Å². The second-order valence-corrected chi connectivity index (χ2v) is 7.04. The lowest BCUT2D eigenvalue weighted by molar-refractivity contribution is 0.170. The Bertz CT molecular complexity index is 558. The molecular formula is C13H19NO5S. The lowest BCUT2D eigenvalue weighted by Crippen LogP contribution is -2.27. The number of rotatable bonds is 7. The van der Waals surface area contributed by atoms with E-state index >= 15 is 0 Å². The summed E-state index contributed by atoms with van der Waals surface area (Å²) in [6.45, 7) is 2.44. The van der Waals surface area contributed by atoms with Crippen molar-refractivity contribution in [2.24, 2.45) is 0 Å². The summed E-state index contributed by atoms with van der Waals surface area (Å²) in [6, 6.07) is 5.25. The molecule has 0 aliphatic carbocycles. The van der Waals surface area contributed by atoms with Gasteiger partial charge in [-0.3, -0.25) is 0 Å². The van der Waals surface area contributed by atoms with Crippen molar-refractivity contribution in [2.45, 2.75) is 13.0 Å². The van der Waals surface area contributed by atoms with Crippen molar-refractivity contribution in [1.29, 1.82) is 0 Å². The van der Waals surface area contributed by atoms with E-state index < -0.39 is 15.9 Å². The summed E-state index contributed by atoms with van der Waals surface area (Å²) in [5.41, 5.74) is 0.708. The molecule has 20 heavy (non-hydrogen) atoms. The first-order valence-corrected chi connectivity index (χ1v) is 8.33. The van der Waals surface area contributed by atoms with Crippen LogP contribution >= 0.6 is 0 Å². The summed E-state index contributed by atoms with van der Waals surface area (Å²) in [4.78, 5) is 0. The fraction of sp³-hybridized carbons (Fsp3) is 0.538. The van der Waals surface area contributed by atoms with Crippen LogP contribution in [0.15, 0.2) is 18.2 Å². The molecule has 1 aliphatic heterocycles. The van der Waals surface area contributed by atoms with Gasteiger partial charge in [0.1, 0.15) is 0 Å². The fourth-order valence-corrected chi connectivity index (χ4v) is 2.59. The molecule has 1 aromatic rings. The monoisotopic (exact) mass is 301 g/mol. The molecule has 1 aromatic carbocycles. The number of aliphatic hydroxyl groups is 1. The first-order valence-electron chi connectivity index (χ1n) is 6.50. The molecule has 1 unspecified atom stereocenters. The molecule has 0 bridgehead atoms. The van der Waals surface area contributed by atoms with Gasteiger partial charge in [-0.1, -0.05) is 13.0 Å². The summed E-state index contributed by atoms with van der Waals surface area (Å²) in [5, 5.41) is 13.0. The van der Waals surface area contributed by atoms with Crippen LogP contribution in [-0.4, -0.2) is 44.9 Å². The molecule has 2 N–H and O–H groups in total. The van der Waals surface area contributed by atoms with E-state index in [4.69, 9.17) is 9.47 Å². The van der Waals surface area contributed by atoms with Crippen LogP contribution in [0, 0.1) is 0 Å². The molecule has 1 heterocycles. The van der Waals surface area contributed by atoms with E-state index in [1.54, 1.807) is 25.1 Å². The van der Waals surface area contributed by atoms with Gasteiger partial charge >= 0.3 is 0 Å². The number of sulfone groups is 1. The Labute approximate surface area is 118 Å². The SMILES string of the molecule is CCS(=O)(=O)CCNCC(O)c1ccc2c(c1)OCO2. The molecule has 0 spiro atoms. The number of hydrogen-bond donors (Lipinski definition) is 2. The highest BCUT2D eigenvalue weighted by atomic mass is 32.2. The number of nitrogens with one attached hydrogen (secondary N) is 1. The van der Waals surface area contributed by atoms with Crippen LogP contribution in [0.1, 0.15) is 18.6 Å². The number of aliphatic hydroxyl groups excluding tert-OH is 1. The number of hydrogen-bond acceptors (Lipinski definition) is 6. The van der Waals surface area contributed by atoms with Crippen molar-refractivity contribution >= 4 is 9.84 Å². The summed E-state index contributed by atoms with van der Waals surface area (Å²) in [5.74, 6) is 1.51. The van der Waals surface area contributed by atoms with E-state index in [-0.39, 0.29) is 18.3 Å². The van der Waals surface area contributed by atoms with E-state index in [0.717, 1.165) is 0 Å². The first kappa shape index (κ1) is 15.1. The van der Waals surface area contributed by atoms with Crippen LogP contribution < -0.4 is 14.8 Å². The molecule has 0 fully saturated rings. The predicted molar refractivity (Wildman–Crippen MR) is 74.7 cm³/mol. The smallest absolute Gasteiger partial charge is 0.231 e. The molecule has 0 saturated carbocycles. The largest absolute Gasteiger partial charge is 0.454 e. The van der Waals surface area contributed by atoms with Gasteiger partial charge in [0.05, 0.1) is 11.9 Å². The highest BCUT2D eigenvalue weighted by molar-refractivity contribution is 7.91. The summed E-state index contributed by atoms with van der Waals surface area (Å²) >= 11 is 0. The van der Waals surface area contributed by atoms with E-state index in [1.165, 1.54) is 0 Å². The molecule has 0 radical (unpaired) electrons. The van der Waals surface area contributed by atoms with E-state index in [0.29, 0.717) is 30.2 Å². The van der Waals surface area contributed by atoms with Crippen molar-refractivity contribution in [3.05, 3.63) is 23.8 Å². The van der Waals surface area contributed by atoms with Crippen molar-refractivity contribution in [3.8, 4) is 11.5 Å². The van der Waals surface area contributed by atoms with Gasteiger partial charge in [-0.2, -0.15) is 0 Å². The lowest BCUT2D eigenvalue weighted by Gasteiger charge is -2.12. The zero-order valence-corrected chi connectivity index (χ0v) is 12.1. The van der Waals surface area contributed by atoms with Gasteiger partial charge in [0.15, 0.2) is 21.3 Å². The maximum Gasteiger partial charge on any atom is 0.231 e. The molecule has 2 rings (SSSR count). The highest BCUT2D eigenvalue weighted by Gasteiger charge is 2.16. The third-order valence-electron chi connectivity index (χ3n) is 3.15. The molecular weight excluding hydrogens is 282 g/mol. The quantitative estimate of drug-likeness (QED) is 0.712. The van der Waals surface area contributed by atoms with Crippen LogP contribution in [0.25, 0.3) is 0 Å². The Morgan fingerprint density at radius 3 is 2.85 bits per heavy atom. The molecule has 112 valence electrons. The van der Waals surface area contributed by atoms with Gasteiger partial charge in [-0.15, -0.1) is 0 Å². The zero-order valence-electron chi connectivity index (χ0n) is 11.3. The number of benzene rings is 1. The topological polar surface area (TPSA) is 84.9 Å². The average Bonchev–Trinajstić information content (AvgIpc) is 2.90. The molecule has 1 atom stereocenters. The number of fused-ring (bicyclic) bond motifs is 1. The fourth-order valence-electron chi connectivity index (χ4n) is 1.85. The van der Waals surface area contributed by atoms with Gasteiger partial charge < -0.3 is 19.9 Å². The van der Waals surface area contributed by atoms with Crippen LogP contribution in [0.5, 0.6) is 11.5 Å². The van der Waals surface area contributed by atoms with Crippen molar-refractivity contribution in [2.75, 3.05) is 31.4 Å². The van der Waals surface area contributed by atoms with E-state index in [1.807, 2.05) is 0 Å². The third kappa shape index (κ3) is 3.84. The van der Waals surface area contributed by atoms with Crippen molar-refractivity contribution in [3.63, 3.8) is 0 Å². The molecule has 0 aromatic heterocycles. The standard InChI is InChI=1S/C13H19NO5S/c1-2-20(16,17)6-5-14-8-11(15)10-3-4-12-13(7-10)19-9-18-12/h3-4,7,11,14-15H,2,5-6,8-9H2,1H3. The van der Waals surface area contributed by atoms with Crippen molar-refractivity contribution in [1.82, 2.24) is 5.32 Å². The molecule has 0 amide bonds. The Kier molecular flexibility index (Phi) is 4.85. The summed E-state index contributed by atoms with van der Waals surface area (Å²) < 4.78 is 33.1. The second kappa shape index (κ2) is 6.43. The van der Waals surface area contributed by atoms with Crippen molar-refractivity contribution < 1.29 is 23.0 Å². The molecule has 6 nitrogen and oxygen atoms in total. The summed E-state index contributed by atoms with van der Waals surface area (Å²) in [7, 11) is -2.97. The normalized spacial score (nSPS) is 15.3. The van der Waals surface area contributed by atoms with Gasteiger partial charge in [-0.25, -0.2) is 8.42 Å². The van der Waals surface area contributed by atoms with Gasteiger partial charge in [-0.05, 0) is 17.7 Å². The van der Waals surface area contributed by atoms with Gasteiger partial charge in [0.25, 0.3) is 0 Å². The van der Waals surface area contributed by atoms with Gasteiger partial charge in [0.2, 0.25) is 6.79 Å². The van der Waals surface area contributed by atoms with Gasteiger partial charge in [0, 0.05) is 18.8 Å². The van der Waals surface area contributed by atoms with E-state index in [2.05, 4.69) is 5.32 Å². The molecule has 1 aliphatic rings. The zero-order chi connectivity index (χ0) is 14.6. The number of ether oxygens (including phenoxy) is 2. The third-order valence-corrected chi connectivity index (χ3v) is 4.85. The minimum Gasteiger partial charge on any atom is -0.454 e. The Balaban J connectivity index is 1.82. The molecule has 0 saturated heterocycles. The first-order chi connectivity index (χ1) is 9.52. The summed E-state index contributed by atoms with van der Waals surface area (Å²) in [6.07, 6.45) is -0.714. The predicted octanol–water partition coefficient (Wildman–Crippen LogP) is 0.473. The minimum absolute atomic E-state index is 0.0807. The Morgan fingerprint density at radius 2 is 2.10 bits per heavy atom. The second-order valence-electron chi connectivity index (χ2n) is 4.57. The van der Waals surface area contributed by atoms with Crippen LogP contribution in [0.2, 0.25) is 0 Å². The Hall–Kier alpha value is -1.31. The highest BCUT2D eigenvalue weighted by Crippen LogP contribution is 2.33. The minimum atomic E-state index is -2.97.